The minimum atomic E-state index is -0.638. The van der Waals surface area contributed by atoms with Gasteiger partial charge in [-0.2, -0.15) is 11.8 Å². The number of thioether (sulfide) groups is 2. The molecule has 4 rings (SSSR count). The Kier molecular flexibility index (Phi) is 12.1. The molecule has 3 amide bonds. The number of ether oxygens (including phenoxy) is 1. The molecule has 2 aliphatic heterocycles. The lowest BCUT2D eigenvalue weighted by molar-refractivity contribution is -0.137. The van der Waals surface area contributed by atoms with Crippen molar-refractivity contribution >= 4 is 41.4 Å². The lowest BCUT2D eigenvalue weighted by Crippen LogP contribution is -2.57. The van der Waals surface area contributed by atoms with E-state index in [-0.39, 0.29) is 11.8 Å². The van der Waals surface area contributed by atoms with Crippen LogP contribution < -0.4 is 10.6 Å². The van der Waals surface area contributed by atoms with Gasteiger partial charge in [-0.05, 0) is 63.7 Å². The summed E-state index contributed by atoms with van der Waals surface area (Å²) in [7, 11) is 0. The molecule has 2 saturated heterocycles. The molecule has 228 valence electrons. The summed E-state index contributed by atoms with van der Waals surface area (Å²) in [6, 6.07) is 9.50. The van der Waals surface area contributed by atoms with Gasteiger partial charge in [0.2, 0.25) is 11.8 Å². The van der Waals surface area contributed by atoms with Crippen LogP contribution in [0.1, 0.15) is 71.3 Å². The molecule has 1 aromatic carbocycles. The molecule has 0 bridgehead atoms. The molecule has 10 heteroatoms. The van der Waals surface area contributed by atoms with Crippen LogP contribution in [0.2, 0.25) is 0 Å². The summed E-state index contributed by atoms with van der Waals surface area (Å²) in [5, 5.41) is 6.70. The second kappa shape index (κ2) is 15.5. The summed E-state index contributed by atoms with van der Waals surface area (Å²) in [5.74, 6) is 2.90. The number of nitrogens with zero attached hydrogens (tertiary/aromatic N) is 2. The van der Waals surface area contributed by atoms with Gasteiger partial charge in [0.25, 0.3) is 0 Å². The number of likely N-dealkylation sites (tertiary alicyclic amines) is 1. The van der Waals surface area contributed by atoms with E-state index in [0.29, 0.717) is 42.4 Å². The minimum absolute atomic E-state index is 0.00882. The van der Waals surface area contributed by atoms with Crippen molar-refractivity contribution in [3.8, 4) is 0 Å². The third-order valence-electron chi connectivity index (χ3n) is 8.03. The molecular weight excluding hydrogens is 556 g/mol. The van der Waals surface area contributed by atoms with Crippen LogP contribution in [0.25, 0.3) is 0 Å². The first-order valence-electron chi connectivity index (χ1n) is 15.2. The highest BCUT2D eigenvalue weighted by atomic mass is 32.2. The van der Waals surface area contributed by atoms with Gasteiger partial charge in [0.05, 0.1) is 5.88 Å². The smallest absolute Gasteiger partial charge is 0.411 e. The second-order valence-electron chi connectivity index (χ2n) is 12.5. The molecule has 8 nitrogen and oxygen atoms in total. The zero-order chi connectivity index (χ0) is 29.2. The highest BCUT2D eigenvalue weighted by molar-refractivity contribution is 7.99. The maximum atomic E-state index is 13.8. The number of hydrogen-bond donors (Lipinski definition) is 2. The third-order valence-corrected chi connectivity index (χ3v) is 10.3. The normalized spacial score (nSPS) is 21.5. The molecule has 0 aromatic heterocycles. The van der Waals surface area contributed by atoms with Crippen molar-refractivity contribution in [3.05, 3.63) is 35.9 Å². The molecule has 3 aliphatic rings. The Morgan fingerprint density at radius 3 is 2.44 bits per heavy atom. The highest BCUT2D eigenvalue weighted by Gasteiger charge is 2.39. The van der Waals surface area contributed by atoms with Crippen molar-refractivity contribution < 1.29 is 19.1 Å². The first-order valence-corrected chi connectivity index (χ1v) is 17.5. The average Bonchev–Trinajstić information content (AvgIpc) is 3.46. The molecular formula is C31H48N4O4S2. The first kappa shape index (κ1) is 32.0. The van der Waals surface area contributed by atoms with Crippen LogP contribution >= 0.6 is 23.5 Å². The van der Waals surface area contributed by atoms with E-state index in [9.17, 15) is 14.4 Å². The molecule has 2 atom stereocenters. The third kappa shape index (κ3) is 10.1. The second-order valence-corrected chi connectivity index (χ2v) is 14.6. The minimum Gasteiger partial charge on any atom is -0.444 e. The number of carbonyl (C=O) groups is 3. The van der Waals surface area contributed by atoms with E-state index in [4.69, 9.17) is 4.74 Å². The van der Waals surface area contributed by atoms with Gasteiger partial charge in [-0.3, -0.25) is 14.5 Å². The summed E-state index contributed by atoms with van der Waals surface area (Å²) in [4.78, 5) is 43.5. The zero-order valence-corrected chi connectivity index (χ0v) is 26.6. The van der Waals surface area contributed by atoms with Crippen molar-refractivity contribution in [1.29, 1.82) is 0 Å². The quantitative estimate of drug-likeness (QED) is 0.394. The summed E-state index contributed by atoms with van der Waals surface area (Å²) >= 11 is 3.31. The van der Waals surface area contributed by atoms with Crippen molar-refractivity contribution in [2.75, 3.05) is 36.2 Å². The van der Waals surface area contributed by atoms with Gasteiger partial charge < -0.3 is 20.3 Å². The molecule has 41 heavy (non-hydrogen) atoms. The van der Waals surface area contributed by atoms with E-state index < -0.39 is 23.8 Å². The van der Waals surface area contributed by atoms with E-state index in [0.717, 1.165) is 25.1 Å². The lowest BCUT2D eigenvalue weighted by atomic mass is 9.91. The van der Waals surface area contributed by atoms with E-state index in [1.165, 1.54) is 54.3 Å². The van der Waals surface area contributed by atoms with Gasteiger partial charge >= 0.3 is 6.09 Å². The summed E-state index contributed by atoms with van der Waals surface area (Å²) in [6.45, 7) is 7.64. The predicted octanol–water partition coefficient (Wildman–Crippen LogP) is 4.88. The van der Waals surface area contributed by atoms with Gasteiger partial charge in [0.1, 0.15) is 17.7 Å². The fraction of sp³-hybridized carbons (Fsp3) is 0.710. The van der Waals surface area contributed by atoms with Crippen molar-refractivity contribution in [2.24, 2.45) is 5.92 Å². The molecule has 3 fully saturated rings. The first-order chi connectivity index (χ1) is 19.7. The van der Waals surface area contributed by atoms with Gasteiger partial charge in [-0.15, -0.1) is 11.8 Å². The summed E-state index contributed by atoms with van der Waals surface area (Å²) in [6.07, 6.45) is 7.70. The monoisotopic (exact) mass is 604 g/mol. The Balaban J connectivity index is 1.33. The van der Waals surface area contributed by atoms with Gasteiger partial charge in [0.15, 0.2) is 0 Å². The number of nitrogens with one attached hydrogen (secondary N) is 2. The standard InChI is InChI=1S/C31H48N4O4S2/c1-31(2,3)39-30(38)35-22-41-21-27(35)28(36)33-26(20-40-19-24-12-8-5-9-13-24)29(37)34-16-14-25(15-17-34)32-18-23-10-6-4-7-11-23/h4,6-7,10-11,24-27,32H,5,8-9,12-22H2,1-3H3,(H,33,36)/t26-,27?/m0/s1. The van der Waals surface area contributed by atoms with Gasteiger partial charge in [-0.25, -0.2) is 4.79 Å². The van der Waals surface area contributed by atoms with E-state index in [1.807, 2.05) is 31.7 Å². The molecule has 1 aromatic rings. The van der Waals surface area contributed by atoms with E-state index in [1.54, 1.807) is 11.8 Å². The van der Waals surface area contributed by atoms with Crippen molar-refractivity contribution in [3.63, 3.8) is 0 Å². The van der Waals surface area contributed by atoms with Crippen LogP contribution in [0.4, 0.5) is 4.79 Å². The fourth-order valence-electron chi connectivity index (χ4n) is 5.69. The molecule has 1 saturated carbocycles. The van der Waals surface area contributed by atoms with Crippen molar-refractivity contribution in [1.82, 2.24) is 20.4 Å². The van der Waals surface area contributed by atoms with Gasteiger partial charge in [-0.1, -0.05) is 49.6 Å². The summed E-state index contributed by atoms with van der Waals surface area (Å²) in [5.41, 5.74) is 0.621. The Labute approximate surface area is 254 Å². The largest absolute Gasteiger partial charge is 0.444 e. The predicted molar refractivity (Wildman–Crippen MR) is 168 cm³/mol. The van der Waals surface area contributed by atoms with Crippen LogP contribution in [0.3, 0.4) is 0 Å². The molecule has 1 unspecified atom stereocenters. The van der Waals surface area contributed by atoms with Crippen LogP contribution in [-0.2, 0) is 20.9 Å². The summed E-state index contributed by atoms with van der Waals surface area (Å²) < 4.78 is 5.55. The van der Waals surface area contributed by atoms with Crippen LogP contribution in [-0.4, -0.2) is 87.7 Å². The highest BCUT2D eigenvalue weighted by Crippen LogP contribution is 2.28. The topological polar surface area (TPSA) is 91.0 Å². The van der Waals surface area contributed by atoms with Gasteiger partial charge in [0, 0.05) is 37.2 Å². The van der Waals surface area contributed by atoms with E-state index >= 15 is 0 Å². The van der Waals surface area contributed by atoms with E-state index in [2.05, 4.69) is 34.9 Å². The molecule has 2 heterocycles. The molecule has 1 aliphatic carbocycles. The number of amides is 3. The van der Waals surface area contributed by atoms with Crippen LogP contribution in [0, 0.1) is 5.92 Å². The maximum Gasteiger partial charge on any atom is 0.411 e. The van der Waals surface area contributed by atoms with Crippen LogP contribution in [0.15, 0.2) is 30.3 Å². The van der Waals surface area contributed by atoms with Crippen molar-refractivity contribution in [2.45, 2.75) is 96.0 Å². The molecule has 2 N–H and O–H groups in total. The van der Waals surface area contributed by atoms with Crippen LogP contribution in [0.5, 0.6) is 0 Å². The number of piperidine rings is 1. The maximum absolute atomic E-state index is 13.8. The Morgan fingerprint density at radius 1 is 1.05 bits per heavy atom. The Morgan fingerprint density at radius 2 is 1.76 bits per heavy atom. The number of carbonyl (C=O) groups excluding carboxylic acids is 3. The number of benzene rings is 1. The Hall–Kier alpha value is -1.91. The lowest BCUT2D eigenvalue weighted by Gasteiger charge is -2.35. The Bertz CT molecular complexity index is 992. The number of rotatable bonds is 10. The fourth-order valence-corrected chi connectivity index (χ4v) is 8.10. The molecule has 0 spiro atoms. The number of hydrogen-bond acceptors (Lipinski definition) is 7. The molecule has 0 radical (unpaired) electrons. The zero-order valence-electron chi connectivity index (χ0n) is 24.9. The average molecular weight is 605 g/mol. The SMILES string of the molecule is CC(C)(C)OC(=O)N1CSCC1C(=O)N[C@@H](CSCC1CCCCC1)C(=O)N1CCC(NCc2ccccc2)CC1.